The molecule has 2 aromatic heterocycles. The molecule has 0 aliphatic heterocycles. The first kappa shape index (κ1) is 16.3. The Labute approximate surface area is 144 Å². The van der Waals surface area contributed by atoms with Gasteiger partial charge in [0.15, 0.2) is 11.6 Å². The number of nitrogens with one attached hydrogen (secondary N) is 2. The number of hydrogen-bond acceptors (Lipinski definition) is 7. The van der Waals surface area contributed by atoms with E-state index in [1.54, 1.807) is 6.07 Å². The van der Waals surface area contributed by atoms with Gasteiger partial charge >= 0.3 is 5.91 Å². The highest BCUT2D eigenvalue weighted by Gasteiger charge is 2.13. The number of aryl methyl sites for hydroxylation is 2. The van der Waals surface area contributed by atoms with Crippen molar-refractivity contribution in [2.24, 2.45) is 0 Å². The van der Waals surface area contributed by atoms with E-state index in [0.29, 0.717) is 5.75 Å². The first-order valence-corrected chi connectivity index (χ1v) is 7.50. The average molecular weight is 339 g/mol. The highest BCUT2D eigenvalue weighted by Crippen LogP contribution is 2.29. The van der Waals surface area contributed by atoms with Crippen LogP contribution in [0.3, 0.4) is 0 Å². The zero-order valence-electron chi connectivity index (χ0n) is 13.7. The number of hydrogen-bond donors (Lipinski definition) is 3. The number of rotatable bonds is 5. The average Bonchev–Trinajstić information content (AvgIpc) is 3.13. The Bertz CT molecular complexity index is 893. The number of carbonyl (C=O) groups excluding carboxylic acids is 1. The van der Waals surface area contributed by atoms with Crippen molar-refractivity contribution in [3.05, 3.63) is 59.8 Å². The first-order chi connectivity index (χ1) is 12.0. The maximum atomic E-state index is 11.9. The lowest BCUT2D eigenvalue weighted by atomic mass is 10.1. The molecular weight excluding hydrogens is 322 g/mol. The third-order valence-electron chi connectivity index (χ3n) is 3.58. The molecule has 0 radical (unpaired) electrons. The first-order valence-electron chi connectivity index (χ1n) is 7.50. The van der Waals surface area contributed by atoms with E-state index in [1.165, 1.54) is 18.7 Å². The van der Waals surface area contributed by atoms with Gasteiger partial charge in [0.25, 0.3) is 0 Å². The van der Waals surface area contributed by atoms with E-state index >= 15 is 0 Å². The molecule has 0 bridgehead atoms. The molecule has 128 valence electrons. The summed E-state index contributed by atoms with van der Waals surface area (Å²) in [5, 5.41) is 0. The Morgan fingerprint density at radius 3 is 2.76 bits per heavy atom. The molecule has 0 saturated heterocycles. The van der Waals surface area contributed by atoms with Crippen LogP contribution in [-0.4, -0.2) is 15.9 Å². The molecule has 3 aromatic rings. The zero-order valence-corrected chi connectivity index (χ0v) is 13.7. The Hall–Kier alpha value is -3.55. The fraction of sp³-hybridized carbons (Fsp3) is 0.118. The lowest BCUT2D eigenvalue weighted by Crippen LogP contribution is -2.30. The summed E-state index contributed by atoms with van der Waals surface area (Å²) in [6.45, 7) is 4.00. The third kappa shape index (κ3) is 3.69. The van der Waals surface area contributed by atoms with Crippen LogP contribution in [-0.2, 0) is 0 Å². The van der Waals surface area contributed by atoms with Crippen LogP contribution in [0.2, 0.25) is 0 Å². The lowest BCUT2D eigenvalue weighted by Gasteiger charge is -2.12. The maximum absolute atomic E-state index is 11.9. The Balaban J connectivity index is 1.73. The highest BCUT2D eigenvalue weighted by atomic mass is 16.5. The number of amides is 1. The normalized spacial score (nSPS) is 10.3. The highest BCUT2D eigenvalue weighted by molar-refractivity contribution is 5.92. The van der Waals surface area contributed by atoms with Crippen molar-refractivity contribution >= 4 is 17.4 Å². The molecular formula is C17H17N5O3. The van der Waals surface area contributed by atoms with Crippen LogP contribution < -0.4 is 21.3 Å². The standard InChI is InChI=1S/C17H17N5O3/c1-10-5-6-12(8-11(10)2)25-17-14(18)15(19-9-20-17)21-22-16(23)13-4-3-7-24-13/h3-9H,18H2,1-2H3,(H,22,23)(H,19,20,21). The summed E-state index contributed by atoms with van der Waals surface area (Å²) >= 11 is 0. The van der Waals surface area contributed by atoms with Gasteiger partial charge in [0.2, 0.25) is 5.88 Å². The smallest absolute Gasteiger partial charge is 0.305 e. The van der Waals surface area contributed by atoms with Crippen molar-refractivity contribution in [2.75, 3.05) is 11.2 Å². The van der Waals surface area contributed by atoms with Gasteiger partial charge in [0.1, 0.15) is 17.8 Å². The van der Waals surface area contributed by atoms with Gasteiger partial charge in [-0.05, 0) is 49.2 Å². The summed E-state index contributed by atoms with van der Waals surface area (Å²) in [6, 6.07) is 8.82. The number of carbonyl (C=O) groups is 1. The van der Waals surface area contributed by atoms with Gasteiger partial charge in [-0.25, -0.2) is 4.98 Å². The topological polar surface area (TPSA) is 115 Å². The summed E-state index contributed by atoms with van der Waals surface area (Å²) in [6.07, 6.45) is 2.69. The van der Waals surface area contributed by atoms with Gasteiger partial charge in [-0.2, -0.15) is 4.98 Å². The lowest BCUT2D eigenvalue weighted by molar-refractivity contribution is 0.0935. The Morgan fingerprint density at radius 1 is 1.20 bits per heavy atom. The van der Waals surface area contributed by atoms with Gasteiger partial charge in [0, 0.05) is 0 Å². The van der Waals surface area contributed by atoms with E-state index in [-0.39, 0.29) is 23.1 Å². The molecule has 0 atom stereocenters. The number of nitrogens with zero attached hydrogens (tertiary/aromatic N) is 2. The van der Waals surface area contributed by atoms with Gasteiger partial charge in [-0.1, -0.05) is 6.07 Å². The quantitative estimate of drug-likeness (QED) is 0.612. The van der Waals surface area contributed by atoms with Gasteiger partial charge in [0.05, 0.1) is 6.26 Å². The molecule has 0 unspecified atom stereocenters. The monoisotopic (exact) mass is 339 g/mol. The molecule has 8 heteroatoms. The third-order valence-corrected chi connectivity index (χ3v) is 3.58. The molecule has 3 rings (SSSR count). The van der Waals surface area contributed by atoms with E-state index in [1.807, 2.05) is 32.0 Å². The summed E-state index contributed by atoms with van der Waals surface area (Å²) in [7, 11) is 0. The minimum absolute atomic E-state index is 0.159. The van der Waals surface area contributed by atoms with Crippen LogP contribution in [0.25, 0.3) is 0 Å². The SMILES string of the molecule is Cc1ccc(Oc2ncnc(NNC(=O)c3ccco3)c2N)cc1C. The van der Waals surface area contributed by atoms with E-state index in [0.717, 1.165) is 11.1 Å². The summed E-state index contributed by atoms with van der Waals surface area (Å²) in [5.41, 5.74) is 13.5. The van der Waals surface area contributed by atoms with Crippen molar-refractivity contribution in [3.8, 4) is 11.6 Å². The van der Waals surface area contributed by atoms with Crippen molar-refractivity contribution in [3.63, 3.8) is 0 Å². The van der Waals surface area contributed by atoms with Crippen molar-refractivity contribution in [1.29, 1.82) is 0 Å². The van der Waals surface area contributed by atoms with E-state index in [9.17, 15) is 4.79 Å². The molecule has 8 nitrogen and oxygen atoms in total. The van der Waals surface area contributed by atoms with Crippen molar-refractivity contribution in [2.45, 2.75) is 13.8 Å². The summed E-state index contributed by atoms with van der Waals surface area (Å²) in [5.74, 6) is 0.715. The molecule has 0 aliphatic carbocycles. The second kappa shape index (κ2) is 6.91. The van der Waals surface area contributed by atoms with Gasteiger partial charge < -0.3 is 14.9 Å². The van der Waals surface area contributed by atoms with E-state index in [4.69, 9.17) is 14.9 Å². The number of anilines is 2. The number of ether oxygens (including phenoxy) is 1. The number of nitrogen functional groups attached to an aromatic ring is 1. The summed E-state index contributed by atoms with van der Waals surface area (Å²) < 4.78 is 10.7. The molecule has 2 heterocycles. The van der Waals surface area contributed by atoms with Crippen LogP contribution in [0.15, 0.2) is 47.3 Å². The molecule has 1 amide bonds. The van der Waals surface area contributed by atoms with Gasteiger partial charge in [-0.15, -0.1) is 0 Å². The number of benzene rings is 1. The van der Waals surface area contributed by atoms with E-state index < -0.39 is 5.91 Å². The fourth-order valence-electron chi connectivity index (χ4n) is 2.03. The molecule has 4 N–H and O–H groups in total. The number of furan rings is 1. The molecule has 0 aliphatic rings. The molecule has 0 spiro atoms. The predicted octanol–water partition coefficient (Wildman–Crippen LogP) is 2.82. The Kier molecular flexibility index (Phi) is 4.51. The van der Waals surface area contributed by atoms with Crippen LogP contribution in [0.4, 0.5) is 11.5 Å². The minimum Gasteiger partial charge on any atom is -0.459 e. The maximum Gasteiger partial charge on any atom is 0.305 e. The largest absolute Gasteiger partial charge is 0.459 e. The Morgan fingerprint density at radius 2 is 2.04 bits per heavy atom. The van der Waals surface area contributed by atoms with Crippen LogP contribution in [0, 0.1) is 13.8 Å². The van der Waals surface area contributed by atoms with Crippen molar-refractivity contribution in [1.82, 2.24) is 15.4 Å². The number of nitrogens with two attached hydrogens (primary N) is 1. The zero-order chi connectivity index (χ0) is 17.8. The van der Waals surface area contributed by atoms with Crippen molar-refractivity contribution < 1.29 is 13.9 Å². The molecule has 25 heavy (non-hydrogen) atoms. The molecule has 1 aromatic carbocycles. The van der Waals surface area contributed by atoms with Crippen LogP contribution >= 0.6 is 0 Å². The minimum atomic E-state index is -0.459. The second-order valence-electron chi connectivity index (χ2n) is 5.35. The molecule has 0 fully saturated rings. The number of hydrazine groups is 1. The van der Waals surface area contributed by atoms with Gasteiger partial charge in [-0.3, -0.25) is 15.6 Å². The predicted molar refractivity (Wildman–Crippen MR) is 92.2 cm³/mol. The van der Waals surface area contributed by atoms with E-state index in [2.05, 4.69) is 20.8 Å². The second-order valence-corrected chi connectivity index (χ2v) is 5.35. The fourth-order valence-corrected chi connectivity index (χ4v) is 2.03. The van der Waals surface area contributed by atoms with Crippen LogP contribution in [0.1, 0.15) is 21.7 Å². The molecule has 0 saturated carbocycles. The van der Waals surface area contributed by atoms with Crippen LogP contribution in [0.5, 0.6) is 11.6 Å². The summed E-state index contributed by atoms with van der Waals surface area (Å²) in [4.78, 5) is 19.9. The number of aromatic nitrogens is 2.